The van der Waals surface area contributed by atoms with Crippen molar-refractivity contribution in [1.29, 1.82) is 0 Å². The highest BCUT2D eigenvalue weighted by molar-refractivity contribution is 7.83. The summed E-state index contributed by atoms with van der Waals surface area (Å²) in [4.78, 5) is 20.4. The van der Waals surface area contributed by atoms with E-state index >= 15 is 0 Å². The van der Waals surface area contributed by atoms with E-state index in [1.54, 1.807) is 31.3 Å². The molecule has 2 N–H and O–H groups in total. The van der Waals surface area contributed by atoms with Gasteiger partial charge in [-0.1, -0.05) is 25.3 Å². The Morgan fingerprint density at radius 3 is 2.72 bits per heavy atom. The van der Waals surface area contributed by atoms with Gasteiger partial charge in [-0.05, 0) is 52.9 Å². The van der Waals surface area contributed by atoms with Crippen molar-refractivity contribution in [3.63, 3.8) is 0 Å². The van der Waals surface area contributed by atoms with E-state index in [0.29, 0.717) is 23.0 Å². The van der Waals surface area contributed by atoms with Crippen LogP contribution in [-0.4, -0.2) is 53.5 Å². The summed E-state index contributed by atoms with van der Waals surface area (Å²) in [7, 11) is 2.52. The van der Waals surface area contributed by atoms with Gasteiger partial charge in [0, 0.05) is 36.5 Å². The number of amides is 1. The van der Waals surface area contributed by atoms with Gasteiger partial charge in [0.15, 0.2) is 0 Å². The summed E-state index contributed by atoms with van der Waals surface area (Å²) >= 11 is 1.69. The first-order chi connectivity index (χ1) is 15.3. The number of aromatic nitrogens is 1. The second-order valence-electron chi connectivity index (χ2n) is 8.65. The zero-order valence-electron chi connectivity index (χ0n) is 19.3. The molecule has 1 heterocycles. The Morgan fingerprint density at radius 1 is 1.28 bits per heavy atom. The number of nitrogens with one attached hydrogen (secondary N) is 2. The Balaban J connectivity index is 1.85. The van der Waals surface area contributed by atoms with Crippen LogP contribution in [0.15, 0.2) is 29.3 Å². The fourth-order valence-electron chi connectivity index (χ4n) is 3.71. The van der Waals surface area contributed by atoms with Gasteiger partial charge >= 0.3 is 6.09 Å². The molecule has 1 unspecified atom stereocenters. The van der Waals surface area contributed by atoms with E-state index in [0.717, 1.165) is 17.0 Å². The molecule has 3 rings (SSSR count). The summed E-state index contributed by atoms with van der Waals surface area (Å²) in [6, 6.07) is 5.48. The highest BCUT2D eigenvalue weighted by Crippen LogP contribution is 2.39. The quantitative estimate of drug-likeness (QED) is 0.531. The van der Waals surface area contributed by atoms with E-state index < -0.39 is 17.1 Å². The minimum Gasteiger partial charge on any atom is -0.447 e. The van der Waals surface area contributed by atoms with Crippen LogP contribution >= 0.6 is 11.3 Å². The van der Waals surface area contributed by atoms with Gasteiger partial charge in [0.1, 0.15) is 11.0 Å². The van der Waals surface area contributed by atoms with Gasteiger partial charge in [0.25, 0.3) is 0 Å². The molecule has 0 saturated heterocycles. The molecule has 1 amide bonds. The first-order valence-electron chi connectivity index (χ1n) is 11.2. The first kappa shape index (κ1) is 24.8. The van der Waals surface area contributed by atoms with Crippen LogP contribution in [0.25, 0.3) is 10.4 Å². The standard InChI is InChI=1S/C23H34N4O3S2/c1-16(2)30-23(28)26-18-10-11-19(21(14-18)32(29)25-12-13-27(3)4)20-15-24-22(31-20)17-8-6-5-7-9-17/h10-11,14-17,25H,5-9,12-13H2,1-4H3,(H,26,28). The average molecular weight is 479 g/mol. The monoisotopic (exact) mass is 478 g/mol. The van der Waals surface area contributed by atoms with E-state index in [2.05, 4.69) is 10.0 Å². The van der Waals surface area contributed by atoms with Gasteiger partial charge in [-0.2, -0.15) is 0 Å². The SMILES string of the molecule is CC(C)OC(=O)Nc1ccc(-c2cnc(C3CCCCC3)s2)c(S(=O)NCCN(C)C)c1. The van der Waals surface area contributed by atoms with E-state index in [9.17, 15) is 9.00 Å². The van der Waals surface area contributed by atoms with Crippen LogP contribution in [0, 0.1) is 0 Å². The van der Waals surface area contributed by atoms with Crippen LogP contribution in [-0.2, 0) is 15.7 Å². The summed E-state index contributed by atoms with van der Waals surface area (Å²) in [5.41, 5.74) is 1.43. The highest BCUT2D eigenvalue weighted by Gasteiger charge is 2.21. The maximum absolute atomic E-state index is 13.2. The molecular formula is C23H34N4O3S2. The summed E-state index contributed by atoms with van der Waals surface area (Å²) in [5, 5.41) is 3.90. The van der Waals surface area contributed by atoms with Crippen LogP contribution in [0.5, 0.6) is 0 Å². The molecule has 1 fully saturated rings. The molecule has 7 nitrogen and oxygen atoms in total. The van der Waals surface area contributed by atoms with Gasteiger partial charge < -0.3 is 9.64 Å². The second-order valence-corrected chi connectivity index (χ2v) is 11.0. The lowest BCUT2D eigenvalue weighted by Crippen LogP contribution is -2.28. The van der Waals surface area contributed by atoms with Gasteiger partial charge in [-0.25, -0.2) is 18.7 Å². The Kier molecular flexibility index (Phi) is 9.22. The minimum atomic E-state index is -1.43. The molecule has 32 heavy (non-hydrogen) atoms. The van der Waals surface area contributed by atoms with Crippen molar-refractivity contribution in [2.45, 2.75) is 62.9 Å². The predicted molar refractivity (Wildman–Crippen MR) is 132 cm³/mol. The lowest BCUT2D eigenvalue weighted by molar-refractivity contribution is 0.130. The van der Waals surface area contributed by atoms with Crippen molar-refractivity contribution >= 4 is 34.1 Å². The fraction of sp³-hybridized carbons (Fsp3) is 0.565. The molecule has 1 aliphatic rings. The van der Waals surface area contributed by atoms with Crippen LogP contribution < -0.4 is 10.0 Å². The largest absolute Gasteiger partial charge is 0.447 e. The topological polar surface area (TPSA) is 83.6 Å². The molecule has 1 aliphatic carbocycles. The number of hydrogen-bond donors (Lipinski definition) is 2. The number of anilines is 1. The van der Waals surface area contributed by atoms with Crippen molar-refractivity contribution in [2.24, 2.45) is 0 Å². The zero-order valence-corrected chi connectivity index (χ0v) is 21.0. The third-order valence-corrected chi connectivity index (χ3v) is 7.70. The van der Waals surface area contributed by atoms with Crippen LogP contribution in [0.4, 0.5) is 10.5 Å². The Morgan fingerprint density at radius 2 is 2.03 bits per heavy atom. The molecule has 0 spiro atoms. The summed E-state index contributed by atoms with van der Waals surface area (Å²) in [6.07, 6.45) is 7.37. The molecule has 2 aromatic rings. The van der Waals surface area contributed by atoms with Gasteiger partial charge in [0.05, 0.1) is 20.9 Å². The summed E-state index contributed by atoms with van der Waals surface area (Å²) in [5.74, 6) is 0.529. The van der Waals surface area contributed by atoms with Gasteiger partial charge in [-0.3, -0.25) is 5.32 Å². The van der Waals surface area contributed by atoms with Crippen molar-refractivity contribution in [1.82, 2.24) is 14.6 Å². The molecule has 9 heteroatoms. The van der Waals surface area contributed by atoms with E-state index in [-0.39, 0.29) is 6.10 Å². The number of thiazole rings is 1. The molecular weight excluding hydrogens is 444 g/mol. The van der Waals surface area contributed by atoms with E-state index in [1.165, 1.54) is 37.1 Å². The Labute approximate surface area is 197 Å². The van der Waals surface area contributed by atoms with Gasteiger partial charge in [-0.15, -0.1) is 11.3 Å². The molecule has 1 aromatic heterocycles. The molecule has 0 radical (unpaired) electrons. The second kappa shape index (κ2) is 11.9. The highest BCUT2D eigenvalue weighted by atomic mass is 32.2. The summed E-state index contributed by atoms with van der Waals surface area (Å²) in [6.45, 7) is 4.95. The maximum atomic E-state index is 13.2. The van der Waals surface area contributed by atoms with Crippen LogP contribution in [0.3, 0.4) is 0 Å². The normalized spacial score (nSPS) is 15.8. The van der Waals surface area contributed by atoms with E-state index in [4.69, 9.17) is 9.72 Å². The number of benzene rings is 1. The molecule has 0 aliphatic heterocycles. The first-order valence-corrected chi connectivity index (χ1v) is 13.2. The van der Waals surface area contributed by atoms with Crippen molar-refractivity contribution < 1.29 is 13.7 Å². The summed E-state index contributed by atoms with van der Waals surface area (Å²) < 4.78 is 21.4. The average Bonchev–Trinajstić information content (AvgIpc) is 3.23. The molecule has 1 saturated carbocycles. The van der Waals surface area contributed by atoms with Crippen molar-refractivity contribution in [2.75, 3.05) is 32.5 Å². The van der Waals surface area contributed by atoms with Crippen LogP contribution in [0.1, 0.15) is 56.9 Å². The lowest BCUT2D eigenvalue weighted by Gasteiger charge is -2.18. The van der Waals surface area contributed by atoms with Gasteiger partial charge in [0.2, 0.25) is 0 Å². The fourth-order valence-corrected chi connectivity index (χ4v) is 5.94. The third-order valence-electron chi connectivity index (χ3n) is 5.31. The molecule has 0 bridgehead atoms. The predicted octanol–water partition coefficient (Wildman–Crippen LogP) is 4.99. The van der Waals surface area contributed by atoms with Crippen molar-refractivity contribution in [3.8, 4) is 10.4 Å². The zero-order chi connectivity index (χ0) is 23.1. The third kappa shape index (κ3) is 7.10. The Hall–Kier alpha value is -1.81. The number of carbonyl (C=O) groups excluding carboxylic acids is 1. The Bertz CT molecular complexity index is 924. The number of likely N-dealkylation sites (N-methyl/N-ethyl adjacent to an activating group) is 1. The number of hydrogen-bond acceptors (Lipinski definition) is 6. The molecule has 1 atom stereocenters. The minimum absolute atomic E-state index is 0.217. The smallest absolute Gasteiger partial charge is 0.411 e. The number of ether oxygens (including phenoxy) is 1. The lowest BCUT2D eigenvalue weighted by atomic mass is 9.90. The molecule has 176 valence electrons. The molecule has 1 aromatic carbocycles. The number of carbonyl (C=O) groups is 1. The van der Waals surface area contributed by atoms with E-state index in [1.807, 2.05) is 37.3 Å². The number of rotatable bonds is 9. The van der Waals surface area contributed by atoms with Crippen LogP contribution in [0.2, 0.25) is 0 Å². The van der Waals surface area contributed by atoms with Crippen molar-refractivity contribution in [3.05, 3.63) is 29.4 Å². The number of nitrogens with zero attached hydrogens (tertiary/aromatic N) is 2. The maximum Gasteiger partial charge on any atom is 0.411 e.